The molecule has 0 unspecified atom stereocenters. The van der Waals surface area contributed by atoms with Crippen LogP contribution in [0.4, 0.5) is 11.4 Å². The van der Waals surface area contributed by atoms with Gasteiger partial charge >= 0.3 is 0 Å². The fourth-order valence-electron chi connectivity index (χ4n) is 3.75. The van der Waals surface area contributed by atoms with Gasteiger partial charge in [0.2, 0.25) is 5.89 Å². The van der Waals surface area contributed by atoms with Crippen molar-refractivity contribution in [3.63, 3.8) is 0 Å². The normalized spacial score (nSPS) is 10.9. The lowest BCUT2D eigenvalue weighted by atomic mass is 10.1. The average Bonchev–Trinajstić information content (AvgIpc) is 3.25. The Morgan fingerprint density at radius 3 is 2.52 bits per heavy atom. The number of benzene rings is 3. The second-order valence-corrected chi connectivity index (χ2v) is 7.96. The number of aryl methyl sites for hydroxylation is 1. The number of carbonyl (C=O) groups excluding carboxylic acids is 1. The van der Waals surface area contributed by atoms with Gasteiger partial charge in [0.1, 0.15) is 11.3 Å². The molecular formula is C27H29N3O3. The second kappa shape index (κ2) is 9.77. The maximum Gasteiger partial charge on any atom is 0.262 e. The van der Waals surface area contributed by atoms with Crippen molar-refractivity contribution in [1.29, 1.82) is 0 Å². The van der Waals surface area contributed by atoms with Crippen molar-refractivity contribution in [3.8, 4) is 17.2 Å². The lowest BCUT2D eigenvalue weighted by Gasteiger charge is -2.20. The lowest BCUT2D eigenvalue weighted by Crippen LogP contribution is -2.21. The molecule has 0 saturated carbocycles. The summed E-state index contributed by atoms with van der Waals surface area (Å²) >= 11 is 0. The molecule has 1 amide bonds. The van der Waals surface area contributed by atoms with Gasteiger partial charge in [0.25, 0.3) is 5.91 Å². The molecule has 0 aliphatic heterocycles. The first-order valence-corrected chi connectivity index (χ1v) is 11.2. The minimum atomic E-state index is -0.231. The van der Waals surface area contributed by atoms with Crippen molar-refractivity contribution in [1.82, 2.24) is 4.98 Å². The van der Waals surface area contributed by atoms with Gasteiger partial charge in [-0.3, -0.25) is 4.79 Å². The minimum absolute atomic E-state index is 0.0642. The van der Waals surface area contributed by atoms with Gasteiger partial charge < -0.3 is 19.4 Å². The van der Waals surface area contributed by atoms with Crippen LogP contribution in [0.25, 0.3) is 22.6 Å². The van der Waals surface area contributed by atoms with Crippen LogP contribution >= 0.6 is 0 Å². The summed E-state index contributed by atoms with van der Waals surface area (Å²) in [5.74, 6) is 1.04. The Balaban J connectivity index is 1.44. The standard InChI is InChI=1S/C27H29N3O3/c1-5-30(6-2)22-13-10-20(11-14-22)27-29-23-16-21(12-15-25(23)33-27)28-26(31)17-32-24-9-7-8-18(3)19(24)4/h7-16H,5-6,17H2,1-4H3,(H,28,31). The van der Waals surface area contributed by atoms with E-state index in [4.69, 9.17) is 9.15 Å². The van der Waals surface area contributed by atoms with E-state index in [-0.39, 0.29) is 12.5 Å². The highest BCUT2D eigenvalue weighted by Crippen LogP contribution is 2.28. The van der Waals surface area contributed by atoms with E-state index in [0.29, 0.717) is 28.4 Å². The number of hydrogen-bond acceptors (Lipinski definition) is 5. The van der Waals surface area contributed by atoms with Gasteiger partial charge in [-0.05, 0) is 87.4 Å². The number of carbonyl (C=O) groups is 1. The zero-order valence-corrected chi connectivity index (χ0v) is 19.5. The fourth-order valence-corrected chi connectivity index (χ4v) is 3.75. The summed E-state index contributed by atoms with van der Waals surface area (Å²) in [6, 6.07) is 19.4. The first-order chi connectivity index (χ1) is 16.0. The Labute approximate surface area is 194 Å². The van der Waals surface area contributed by atoms with Crippen LogP contribution in [-0.2, 0) is 4.79 Å². The van der Waals surface area contributed by atoms with Crippen LogP contribution in [0.5, 0.6) is 5.75 Å². The summed E-state index contributed by atoms with van der Waals surface area (Å²) in [7, 11) is 0. The predicted octanol–water partition coefficient (Wildman–Crippen LogP) is 5.98. The van der Waals surface area contributed by atoms with Crippen LogP contribution in [0.15, 0.2) is 65.1 Å². The number of nitrogens with one attached hydrogen (secondary N) is 1. The van der Waals surface area contributed by atoms with E-state index in [1.165, 1.54) is 5.69 Å². The number of nitrogens with zero attached hydrogens (tertiary/aromatic N) is 2. The third-order valence-electron chi connectivity index (χ3n) is 5.83. The largest absolute Gasteiger partial charge is 0.483 e. The summed E-state index contributed by atoms with van der Waals surface area (Å²) in [6.45, 7) is 10.1. The topological polar surface area (TPSA) is 67.6 Å². The molecule has 6 heteroatoms. The number of rotatable bonds is 8. The monoisotopic (exact) mass is 443 g/mol. The Bertz CT molecular complexity index is 1260. The highest BCUT2D eigenvalue weighted by molar-refractivity contribution is 5.94. The van der Waals surface area contributed by atoms with E-state index in [0.717, 1.165) is 29.8 Å². The van der Waals surface area contributed by atoms with E-state index in [9.17, 15) is 4.79 Å². The smallest absolute Gasteiger partial charge is 0.262 e. The second-order valence-electron chi connectivity index (χ2n) is 7.96. The predicted molar refractivity (Wildman–Crippen MR) is 133 cm³/mol. The number of amides is 1. The van der Waals surface area contributed by atoms with E-state index in [1.807, 2.05) is 56.3 Å². The van der Waals surface area contributed by atoms with Gasteiger partial charge in [0.05, 0.1) is 0 Å². The van der Waals surface area contributed by atoms with Crippen molar-refractivity contribution >= 4 is 28.4 Å². The van der Waals surface area contributed by atoms with Gasteiger partial charge in [-0.1, -0.05) is 12.1 Å². The fraction of sp³-hybridized carbons (Fsp3) is 0.259. The third-order valence-corrected chi connectivity index (χ3v) is 5.83. The molecule has 1 N–H and O–H groups in total. The van der Waals surface area contributed by atoms with Gasteiger partial charge in [0.15, 0.2) is 12.2 Å². The number of oxazole rings is 1. The van der Waals surface area contributed by atoms with Gasteiger partial charge in [-0.2, -0.15) is 0 Å². The lowest BCUT2D eigenvalue weighted by molar-refractivity contribution is -0.118. The van der Waals surface area contributed by atoms with Gasteiger partial charge in [-0.25, -0.2) is 4.98 Å². The molecule has 1 heterocycles. The quantitative estimate of drug-likeness (QED) is 0.363. The molecule has 0 bridgehead atoms. The zero-order valence-electron chi connectivity index (χ0n) is 19.5. The van der Waals surface area contributed by atoms with Crippen molar-refractivity contribution in [2.24, 2.45) is 0 Å². The maximum atomic E-state index is 12.4. The van der Waals surface area contributed by atoms with Crippen LogP contribution < -0.4 is 15.0 Å². The number of aromatic nitrogens is 1. The molecule has 33 heavy (non-hydrogen) atoms. The summed E-state index contributed by atoms with van der Waals surface area (Å²) in [6.07, 6.45) is 0. The van der Waals surface area contributed by atoms with Crippen LogP contribution in [0, 0.1) is 13.8 Å². The molecule has 0 fully saturated rings. The molecular weight excluding hydrogens is 414 g/mol. The van der Waals surface area contributed by atoms with E-state index >= 15 is 0 Å². The Morgan fingerprint density at radius 2 is 1.79 bits per heavy atom. The van der Waals surface area contributed by atoms with E-state index < -0.39 is 0 Å². The third kappa shape index (κ3) is 5.00. The van der Waals surface area contributed by atoms with Crippen LogP contribution in [0.2, 0.25) is 0 Å². The number of fused-ring (bicyclic) bond motifs is 1. The summed E-state index contributed by atoms with van der Waals surface area (Å²) in [5.41, 5.74) is 6.25. The molecule has 0 saturated heterocycles. The number of ether oxygens (including phenoxy) is 1. The van der Waals surface area contributed by atoms with Gasteiger partial charge in [-0.15, -0.1) is 0 Å². The molecule has 0 spiro atoms. The first-order valence-electron chi connectivity index (χ1n) is 11.2. The molecule has 0 radical (unpaired) electrons. The molecule has 0 aliphatic rings. The maximum absolute atomic E-state index is 12.4. The molecule has 3 aromatic carbocycles. The summed E-state index contributed by atoms with van der Waals surface area (Å²) < 4.78 is 11.6. The van der Waals surface area contributed by atoms with Crippen LogP contribution in [0.3, 0.4) is 0 Å². The van der Waals surface area contributed by atoms with Crippen LogP contribution in [-0.4, -0.2) is 30.6 Å². The van der Waals surface area contributed by atoms with Gasteiger partial charge in [0, 0.05) is 30.0 Å². The average molecular weight is 444 g/mol. The molecule has 6 nitrogen and oxygen atoms in total. The van der Waals surface area contributed by atoms with E-state index in [1.54, 1.807) is 6.07 Å². The van der Waals surface area contributed by atoms with Crippen LogP contribution in [0.1, 0.15) is 25.0 Å². The minimum Gasteiger partial charge on any atom is -0.483 e. The molecule has 4 rings (SSSR count). The molecule has 170 valence electrons. The van der Waals surface area contributed by atoms with Crippen molar-refractivity contribution in [2.75, 3.05) is 29.9 Å². The number of hydrogen-bond donors (Lipinski definition) is 1. The Hall–Kier alpha value is -3.80. The summed E-state index contributed by atoms with van der Waals surface area (Å²) in [4.78, 5) is 19.3. The highest BCUT2D eigenvalue weighted by Gasteiger charge is 2.12. The van der Waals surface area contributed by atoms with Crippen molar-refractivity contribution in [2.45, 2.75) is 27.7 Å². The highest BCUT2D eigenvalue weighted by atomic mass is 16.5. The SMILES string of the molecule is CCN(CC)c1ccc(-c2nc3cc(NC(=O)COc4cccc(C)c4C)ccc3o2)cc1. The molecule has 4 aromatic rings. The van der Waals surface area contributed by atoms with Crippen molar-refractivity contribution < 1.29 is 13.9 Å². The molecule has 0 atom stereocenters. The molecule has 0 aliphatic carbocycles. The van der Waals surface area contributed by atoms with Crippen molar-refractivity contribution in [3.05, 3.63) is 71.8 Å². The Kier molecular flexibility index (Phi) is 6.63. The molecule has 1 aromatic heterocycles. The Morgan fingerprint density at radius 1 is 1.03 bits per heavy atom. The van der Waals surface area contributed by atoms with E-state index in [2.05, 4.69) is 41.2 Å². The zero-order chi connectivity index (χ0) is 23.4. The number of anilines is 2. The first kappa shape index (κ1) is 22.4. The summed E-state index contributed by atoms with van der Waals surface area (Å²) in [5, 5.41) is 2.87.